The molecule has 0 radical (unpaired) electrons. The van der Waals surface area contributed by atoms with Gasteiger partial charge in [0.2, 0.25) is 5.82 Å². The summed E-state index contributed by atoms with van der Waals surface area (Å²) in [4.78, 5) is 11.0. The number of nitrogens with one attached hydrogen (secondary N) is 1. The Balaban J connectivity index is 2.13. The van der Waals surface area contributed by atoms with Crippen LogP contribution in [0, 0.1) is 15.9 Å². The van der Waals surface area contributed by atoms with Crippen molar-refractivity contribution in [1.82, 2.24) is 0 Å². The molecular weight excluding hydrogens is 291 g/mol. The summed E-state index contributed by atoms with van der Waals surface area (Å²) >= 11 is 1.67. The maximum atomic E-state index is 13.6. The number of hydrogen-bond donors (Lipinski definition) is 1. The van der Waals surface area contributed by atoms with E-state index in [9.17, 15) is 14.5 Å². The van der Waals surface area contributed by atoms with Crippen LogP contribution in [0.4, 0.5) is 15.8 Å². The standard InChI is InChI=1S/C15H15FN2O2S/c1-10(11-3-6-13(21-2)7-4-11)17-12-5-8-15(18(19)20)14(16)9-12/h3-10,17H,1-2H3. The Bertz CT molecular complexity index is 647. The van der Waals surface area contributed by atoms with Crippen molar-refractivity contribution >= 4 is 23.1 Å². The molecule has 0 aromatic heterocycles. The minimum atomic E-state index is -0.838. The zero-order valence-corrected chi connectivity index (χ0v) is 12.5. The second-order valence-corrected chi connectivity index (χ2v) is 5.44. The fraction of sp³-hybridized carbons (Fsp3) is 0.200. The van der Waals surface area contributed by atoms with Crippen LogP contribution in [0.15, 0.2) is 47.4 Å². The number of anilines is 1. The van der Waals surface area contributed by atoms with Crippen LogP contribution in [0.25, 0.3) is 0 Å². The van der Waals surface area contributed by atoms with Crippen LogP contribution in [0.3, 0.4) is 0 Å². The Labute approximate surface area is 126 Å². The Morgan fingerprint density at radius 2 is 1.90 bits per heavy atom. The lowest BCUT2D eigenvalue weighted by molar-refractivity contribution is -0.387. The zero-order chi connectivity index (χ0) is 15.4. The van der Waals surface area contributed by atoms with Crippen molar-refractivity contribution in [2.75, 3.05) is 11.6 Å². The van der Waals surface area contributed by atoms with Gasteiger partial charge in [-0.3, -0.25) is 10.1 Å². The van der Waals surface area contributed by atoms with Gasteiger partial charge in [-0.1, -0.05) is 12.1 Å². The van der Waals surface area contributed by atoms with Crippen LogP contribution in [0.5, 0.6) is 0 Å². The number of nitro groups is 1. The van der Waals surface area contributed by atoms with E-state index in [1.54, 1.807) is 11.8 Å². The monoisotopic (exact) mass is 306 g/mol. The van der Waals surface area contributed by atoms with Gasteiger partial charge in [-0.25, -0.2) is 0 Å². The number of benzene rings is 2. The summed E-state index contributed by atoms with van der Waals surface area (Å²) in [6, 6.07) is 11.8. The van der Waals surface area contributed by atoms with Crippen molar-refractivity contribution in [3.63, 3.8) is 0 Å². The van der Waals surface area contributed by atoms with Gasteiger partial charge < -0.3 is 5.32 Å². The molecule has 2 rings (SSSR count). The van der Waals surface area contributed by atoms with Crippen molar-refractivity contribution in [1.29, 1.82) is 0 Å². The predicted octanol–water partition coefficient (Wildman–Crippen LogP) is 4.63. The molecule has 0 saturated carbocycles. The molecule has 0 heterocycles. The van der Waals surface area contributed by atoms with E-state index < -0.39 is 16.4 Å². The van der Waals surface area contributed by atoms with E-state index >= 15 is 0 Å². The summed E-state index contributed by atoms with van der Waals surface area (Å²) in [5.41, 5.74) is 1.06. The average molecular weight is 306 g/mol. The van der Waals surface area contributed by atoms with Crippen molar-refractivity contribution in [3.8, 4) is 0 Å². The molecular formula is C15H15FN2O2S. The smallest absolute Gasteiger partial charge is 0.304 e. The molecule has 2 aromatic carbocycles. The highest BCUT2D eigenvalue weighted by Crippen LogP contribution is 2.25. The molecule has 0 spiro atoms. The van der Waals surface area contributed by atoms with Gasteiger partial charge in [-0.05, 0) is 36.9 Å². The van der Waals surface area contributed by atoms with Gasteiger partial charge in [0, 0.05) is 28.8 Å². The van der Waals surface area contributed by atoms with Gasteiger partial charge >= 0.3 is 5.69 Å². The molecule has 1 atom stereocenters. The lowest BCUT2D eigenvalue weighted by Crippen LogP contribution is -2.07. The third-order valence-electron chi connectivity index (χ3n) is 3.14. The molecule has 2 aromatic rings. The largest absolute Gasteiger partial charge is 0.378 e. The van der Waals surface area contributed by atoms with Gasteiger partial charge in [0.1, 0.15) is 0 Å². The zero-order valence-electron chi connectivity index (χ0n) is 11.7. The number of hydrogen-bond acceptors (Lipinski definition) is 4. The summed E-state index contributed by atoms with van der Waals surface area (Å²) < 4.78 is 13.6. The minimum Gasteiger partial charge on any atom is -0.378 e. The first kappa shape index (κ1) is 15.3. The molecule has 0 fully saturated rings. The molecule has 0 aliphatic rings. The van der Waals surface area contributed by atoms with Crippen LogP contribution in [-0.2, 0) is 0 Å². The normalized spacial score (nSPS) is 12.0. The number of halogens is 1. The molecule has 1 unspecified atom stereocenters. The quantitative estimate of drug-likeness (QED) is 0.497. The van der Waals surface area contributed by atoms with Crippen molar-refractivity contribution < 1.29 is 9.31 Å². The maximum absolute atomic E-state index is 13.6. The SMILES string of the molecule is CSc1ccc(C(C)Nc2ccc([N+](=O)[O-])c(F)c2)cc1. The van der Waals surface area contributed by atoms with Gasteiger partial charge in [0.05, 0.1) is 4.92 Å². The number of rotatable bonds is 5. The molecule has 110 valence electrons. The first-order valence-electron chi connectivity index (χ1n) is 6.35. The van der Waals surface area contributed by atoms with Crippen molar-refractivity contribution in [3.05, 3.63) is 64.0 Å². The molecule has 1 N–H and O–H groups in total. The van der Waals surface area contributed by atoms with E-state index in [2.05, 4.69) is 5.32 Å². The Morgan fingerprint density at radius 1 is 1.24 bits per heavy atom. The summed E-state index contributed by atoms with van der Waals surface area (Å²) in [5, 5.41) is 13.7. The van der Waals surface area contributed by atoms with Crippen molar-refractivity contribution in [2.45, 2.75) is 17.9 Å². The van der Waals surface area contributed by atoms with Gasteiger partial charge in [-0.2, -0.15) is 4.39 Å². The van der Waals surface area contributed by atoms with Gasteiger partial charge in [-0.15, -0.1) is 11.8 Å². The number of thioether (sulfide) groups is 1. The Kier molecular flexibility index (Phi) is 4.80. The second kappa shape index (κ2) is 6.58. The first-order valence-corrected chi connectivity index (χ1v) is 7.58. The highest BCUT2D eigenvalue weighted by molar-refractivity contribution is 7.98. The van der Waals surface area contributed by atoms with E-state index in [0.717, 1.165) is 11.6 Å². The third-order valence-corrected chi connectivity index (χ3v) is 3.89. The topological polar surface area (TPSA) is 55.2 Å². The molecule has 0 aliphatic heterocycles. The fourth-order valence-corrected chi connectivity index (χ4v) is 2.38. The van der Waals surface area contributed by atoms with E-state index in [1.165, 1.54) is 17.0 Å². The molecule has 6 heteroatoms. The maximum Gasteiger partial charge on any atom is 0.304 e. The lowest BCUT2D eigenvalue weighted by atomic mass is 10.1. The van der Waals surface area contributed by atoms with Gasteiger partial charge in [0.15, 0.2) is 0 Å². The van der Waals surface area contributed by atoms with Gasteiger partial charge in [0.25, 0.3) is 0 Å². The Morgan fingerprint density at radius 3 is 2.43 bits per heavy atom. The molecule has 4 nitrogen and oxygen atoms in total. The summed E-state index contributed by atoms with van der Waals surface area (Å²) in [6.45, 7) is 1.95. The van der Waals surface area contributed by atoms with Crippen LogP contribution >= 0.6 is 11.8 Å². The van der Waals surface area contributed by atoms with Crippen molar-refractivity contribution in [2.24, 2.45) is 0 Å². The highest BCUT2D eigenvalue weighted by Gasteiger charge is 2.14. The fourth-order valence-electron chi connectivity index (χ4n) is 1.97. The van der Waals surface area contributed by atoms with Crippen LogP contribution in [0.1, 0.15) is 18.5 Å². The number of nitro benzene ring substituents is 1. The van der Waals surface area contributed by atoms with Crippen LogP contribution in [-0.4, -0.2) is 11.2 Å². The van der Waals surface area contributed by atoms with E-state index in [0.29, 0.717) is 5.69 Å². The highest BCUT2D eigenvalue weighted by atomic mass is 32.2. The lowest BCUT2D eigenvalue weighted by Gasteiger charge is -2.16. The minimum absolute atomic E-state index is 0.0261. The second-order valence-electron chi connectivity index (χ2n) is 4.56. The Hall–Kier alpha value is -2.08. The van der Waals surface area contributed by atoms with E-state index in [1.807, 2.05) is 37.4 Å². The third kappa shape index (κ3) is 3.72. The van der Waals surface area contributed by atoms with E-state index in [-0.39, 0.29) is 6.04 Å². The molecule has 0 bridgehead atoms. The molecule has 21 heavy (non-hydrogen) atoms. The molecule has 0 amide bonds. The summed E-state index contributed by atoms with van der Waals surface area (Å²) in [5.74, 6) is -0.838. The predicted molar refractivity (Wildman–Crippen MR) is 83.3 cm³/mol. The molecule has 0 aliphatic carbocycles. The molecule has 0 saturated heterocycles. The van der Waals surface area contributed by atoms with Crippen LogP contribution in [0.2, 0.25) is 0 Å². The average Bonchev–Trinajstić information content (AvgIpc) is 2.47. The first-order chi connectivity index (χ1) is 10.0. The summed E-state index contributed by atoms with van der Waals surface area (Å²) in [7, 11) is 0. The summed E-state index contributed by atoms with van der Waals surface area (Å²) in [6.07, 6.45) is 2.01. The van der Waals surface area contributed by atoms with Crippen LogP contribution < -0.4 is 5.32 Å². The van der Waals surface area contributed by atoms with E-state index in [4.69, 9.17) is 0 Å². The number of nitrogens with zero attached hydrogens (tertiary/aromatic N) is 1.